The van der Waals surface area contributed by atoms with Crippen LogP contribution in [-0.2, 0) is 12.1 Å². The largest absolute Gasteiger partial charge is 0.326 e. The number of nitrogens with two attached hydrogens (primary N) is 1. The second kappa shape index (κ2) is 5.13. The summed E-state index contributed by atoms with van der Waals surface area (Å²) >= 11 is 7.94. The molecule has 0 saturated carbocycles. The molecule has 5 heteroatoms. The Morgan fingerprint density at radius 3 is 2.62 bits per heavy atom. The van der Waals surface area contributed by atoms with E-state index in [1.54, 1.807) is 11.3 Å². The summed E-state index contributed by atoms with van der Waals surface area (Å²) in [6.07, 6.45) is 0. The fraction of sp³-hybridized carbons (Fsp3) is 0.312. The van der Waals surface area contributed by atoms with Gasteiger partial charge in [0.15, 0.2) is 5.82 Å². The molecule has 0 radical (unpaired) electrons. The van der Waals surface area contributed by atoms with Crippen molar-refractivity contribution in [2.75, 3.05) is 0 Å². The summed E-state index contributed by atoms with van der Waals surface area (Å²) < 4.78 is 2.25. The highest BCUT2D eigenvalue weighted by Gasteiger charge is 2.24. The Bertz CT molecular complexity index is 796. The zero-order chi connectivity index (χ0) is 15.2. The van der Waals surface area contributed by atoms with Gasteiger partial charge in [-0.3, -0.25) is 0 Å². The van der Waals surface area contributed by atoms with Gasteiger partial charge in [0.1, 0.15) is 0 Å². The smallest absolute Gasteiger partial charge is 0.153 e. The molecule has 2 N–H and O–H groups in total. The lowest BCUT2D eigenvalue weighted by Gasteiger charge is -2.24. The maximum atomic E-state index is 6.32. The first-order valence-electron chi connectivity index (χ1n) is 6.87. The van der Waals surface area contributed by atoms with Crippen LogP contribution in [0.1, 0.15) is 26.3 Å². The van der Waals surface area contributed by atoms with E-state index in [1.807, 2.05) is 11.4 Å². The van der Waals surface area contributed by atoms with Crippen molar-refractivity contribution >= 4 is 34.0 Å². The van der Waals surface area contributed by atoms with Gasteiger partial charge in [-0.15, -0.1) is 11.3 Å². The number of thiophene rings is 1. The molecule has 0 spiro atoms. The monoisotopic (exact) mass is 319 g/mol. The van der Waals surface area contributed by atoms with E-state index >= 15 is 0 Å². The quantitative estimate of drug-likeness (QED) is 0.748. The predicted molar refractivity (Wildman–Crippen MR) is 90.9 cm³/mol. The van der Waals surface area contributed by atoms with Gasteiger partial charge in [0.2, 0.25) is 0 Å². The van der Waals surface area contributed by atoms with Gasteiger partial charge >= 0.3 is 0 Å². The first kappa shape index (κ1) is 14.6. The van der Waals surface area contributed by atoms with Crippen molar-refractivity contribution < 1.29 is 0 Å². The molecule has 0 aliphatic heterocycles. The number of halogens is 1. The third kappa shape index (κ3) is 2.48. The van der Waals surface area contributed by atoms with Crippen molar-refractivity contribution in [3.63, 3.8) is 0 Å². The number of fused-ring (bicyclic) bond motifs is 1. The first-order chi connectivity index (χ1) is 9.91. The summed E-state index contributed by atoms with van der Waals surface area (Å²) in [7, 11) is 0. The van der Waals surface area contributed by atoms with Crippen molar-refractivity contribution in [1.29, 1.82) is 0 Å². The molecule has 110 valence electrons. The minimum atomic E-state index is -0.0817. The lowest BCUT2D eigenvalue weighted by atomic mass is 10.1. The molecule has 0 aliphatic rings. The number of benzene rings is 1. The van der Waals surface area contributed by atoms with Crippen LogP contribution >= 0.6 is 22.9 Å². The van der Waals surface area contributed by atoms with Crippen molar-refractivity contribution in [2.45, 2.75) is 32.9 Å². The highest BCUT2D eigenvalue weighted by molar-refractivity contribution is 7.14. The maximum absolute atomic E-state index is 6.32. The first-order valence-corrected chi connectivity index (χ1v) is 8.13. The Hall–Kier alpha value is -1.36. The summed E-state index contributed by atoms with van der Waals surface area (Å²) in [5.74, 6) is 0.923. The number of hydrogen-bond donors (Lipinski definition) is 1. The molecule has 3 aromatic rings. The fourth-order valence-corrected chi connectivity index (χ4v) is 3.66. The number of aromatic nitrogens is 2. The molecule has 21 heavy (non-hydrogen) atoms. The molecule has 0 amide bonds. The van der Waals surface area contributed by atoms with Crippen LogP contribution in [0.4, 0.5) is 0 Å². The van der Waals surface area contributed by atoms with Gasteiger partial charge in [-0.05, 0) is 49.9 Å². The van der Waals surface area contributed by atoms with E-state index in [1.165, 1.54) is 0 Å². The minimum absolute atomic E-state index is 0.0817. The van der Waals surface area contributed by atoms with Gasteiger partial charge < -0.3 is 10.3 Å². The van der Waals surface area contributed by atoms with Crippen molar-refractivity contribution in [1.82, 2.24) is 9.55 Å². The molecule has 0 fully saturated rings. The molecular weight excluding hydrogens is 302 g/mol. The molecule has 2 heterocycles. The van der Waals surface area contributed by atoms with E-state index in [0.29, 0.717) is 6.54 Å². The molecule has 0 aliphatic carbocycles. The normalized spacial score (nSPS) is 12.2. The summed E-state index contributed by atoms with van der Waals surface area (Å²) in [6, 6.07) is 8.13. The van der Waals surface area contributed by atoms with Crippen LogP contribution < -0.4 is 5.73 Å². The Labute approximate surface area is 133 Å². The summed E-state index contributed by atoms with van der Waals surface area (Å²) in [4.78, 5) is 5.84. The molecular formula is C16H18ClN3S. The molecule has 2 aromatic heterocycles. The highest BCUT2D eigenvalue weighted by atomic mass is 35.5. The van der Waals surface area contributed by atoms with E-state index in [9.17, 15) is 0 Å². The molecule has 0 saturated heterocycles. The van der Waals surface area contributed by atoms with Crippen LogP contribution in [0, 0.1) is 0 Å². The Balaban J connectivity index is 2.35. The zero-order valence-corrected chi connectivity index (χ0v) is 13.9. The Kier molecular flexibility index (Phi) is 3.56. The van der Waals surface area contributed by atoms with Gasteiger partial charge in [0.05, 0.1) is 20.9 Å². The second-order valence-corrected chi connectivity index (χ2v) is 7.39. The van der Waals surface area contributed by atoms with Gasteiger partial charge in [0, 0.05) is 12.1 Å². The standard InChI is InChI=1S/C16H18ClN3S/c1-16(2,3)20-13-5-4-10(9-18)8-12(13)19-15(20)14-11(17)6-7-21-14/h4-8H,9,18H2,1-3H3. The Morgan fingerprint density at radius 2 is 2.05 bits per heavy atom. The average molecular weight is 320 g/mol. The van der Waals surface area contributed by atoms with E-state index in [4.69, 9.17) is 22.3 Å². The third-order valence-electron chi connectivity index (χ3n) is 3.45. The molecule has 0 atom stereocenters. The van der Waals surface area contributed by atoms with Crippen LogP contribution in [-0.4, -0.2) is 9.55 Å². The number of nitrogens with zero attached hydrogens (tertiary/aromatic N) is 2. The second-order valence-electron chi connectivity index (χ2n) is 6.07. The van der Waals surface area contributed by atoms with Crippen LogP contribution in [0.15, 0.2) is 29.6 Å². The summed E-state index contributed by atoms with van der Waals surface area (Å²) in [5.41, 5.74) is 8.82. The van der Waals surface area contributed by atoms with Gasteiger partial charge in [0.25, 0.3) is 0 Å². The number of imidazole rings is 1. The molecule has 3 nitrogen and oxygen atoms in total. The molecule has 0 unspecified atom stereocenters. The molecule has 0 bridgehead atoms. The summed E-state index contributed by atoms with van der Waals surface area (Å²) in [5, 5.41) is 2.75. The van der Waals surface area contributed by atoms with Gasteiger partial charge in [-0.1, -0.05) is 17.7 Å². The predicted octanol–water partition coefficient (Wildman–Crippen LogP) is 4.63. The van der Waals surface area contributed by atoms with E-state index < -0.39 is 0 Å². The van der Waals surface area contributed by atoms with E-state index in [0.717, 1.165) is 32.3 Å². The van der Waals surface area contributed by atoms with Gasteiger partial charge in [-0.25, -0.2) is 4.98 Å². The van der Waals surface area contributed by atoms with Crippen LogP contribution in [0.25, 0.3) is 21.7 Å². The summed E-state index contributed by atoms with van der Waals surface area (Å²) in [6.45, 7) is 7.05. The van der Waals surface area contributed by atoms with Crippen molar-refractivity contribution in [2.24, 2.45) is 5.73 Å². The average Bonchev–Trinajstić information content (AvgIpc) is 2.99. The lowest BCUT2D eigenvalue weighted by molar-refractivity contribution is 0.413. The van der Waals surface area contributed by atoms with E-state index in [-0.39, 0.29) is 5.54 Å². The minimum Gasteiger partial charge on any atom is -0.326 e. The highest BCUT2D eigenvalue weighted by Crippen LogP contribution is 2.37. The van der Waals surface area contributed by atoms with Crippen LogP contribution in [0.2, 0.25) is 5.02 Å². The topological polar surface area (TPSA) is 43.8 Å². The van der Waals surface area contributed by atoms with Crippen molar-refractivity contribution in [3.8, 4) is 10.7 Å². The Morgan fingerprint density at radius 1 is 1.29 bits per heavy atom. The number of rotatable bonds is 2. The van der Waals surface area contributed by atoms with E-state index in [2.05, 4.69) is 43.5 Å². The SMILES string of the molecule is CC(C)(C)n1c(-c2sccc2Cl)nc2cc(CN)ccc21. The maximum Gasteiger partial charge on any atom is 0.153 e. The zero-order valence-electron chi connectivity index (χ0n) is 12.4. The molecule has 1 aromatic carbocycles. The fourth-order valence-electron chi connectivity index (χ4n) is 2.54. The van der Waals surface area contributed by atoms with Crippen LogP contribution in [0.5, 0.6) is 0 Å². The van der Waals surface area contributed by atoms with Crippen LogP contribution in [0.3, 0.4) is 0 Å². The van der Waals surface area contributed by atoms with Crippen molar-refractivity contribution in [3.05, 3.63) is 40.2 Å². The lowest BCUT2D eigenvalue weighted by Crippen LogP contribution is -2.22. The van der Waals surface area contributed by atoms with Gasteiger partial charge in [-0.2, -0.15) is 0 Å². The number of hydrogen-bond acceptors (Lipinski definition) is 3. The molecule has 3 rings (SSSR count). The third-order valence-corrected chi connectivity index (χ3v) is 4.78.